The number of benzene rings is 1. The number of nitrogens with zero attached hydrogens (tertiary/aromatic N) is 4. The molecule has 1 saturated carbocycles. The molecule has 2 heterocycles. The average Bonchev–Trinajstić information content (AvgIpc) is 2.61. The predicted molar refractivity (Wildman–Crippen MR) is 98.8 cm³/mol. The van der Waals surface area contributed by atoms with Crippen molar-refractivity contribution in [1.82, 2.24) is 14.9 Å². The monoisotopic (exact) mass is 352 g/mol. The fraction of sp³-hybridized carbons (Fsp3) is 0.450. The second-order valence-electron chi connectivity index (χ2n) is 7.35. The molecule has 6 heteroatoms. The van der Waals surface area contributed by atoms with E-state index in [-0.39, 0.29) is 12.0 Å². The Morgan fingerprint density at radius 3 is 2.77 bits per heavy atom. The van der Waals surface area contributed by atoms with Gasteiger partial charge in [-0.1, -0.05) is 29.8 Å². The van der Waals surface area contributed by atoms with Gasteiger partial charge in [0.05, 0.1) is 12.6 Å². The number of hydrogen-bond donors (Lipinski definition) is 1. The SMILES string of the molecule is Cc1cccc(CN2CCN(c3cc(C4CC(O)C4)ncn3)CC2=O)c1. The van der Waals surface area contributed by atoms with Gasteiger partial charge in [-0.25, -0.2) is 9.97 Å². The summed E-state index contributed by atoms with van der Waals surface area (Å²) in [6.07, 6.45) is 2.89. The normalized spacial score (nSPS) is 23.1. The van der Waals surface area contributed by atoms with Crippen LogP contribution in [0.1, 0.15) is 35.6 Å². The number of rotatable bonds is 4. The lowest BCUT2D eigenvalue weighted by atomic mass is 9.80. The van der Waals surface area contributed by atoms with Crippen molar-refractivity contribution in [2.75, 3.05) is 24.5 Å². The van der Waals surface area contributed by atoms with Crippen LogP contribution in [0.4, 0.5) is 5.82 Å². The molecular formula is C20H24N4O2. The zero-order valence-corrected chi connectivity index (χ0v) is 15.0. The molecule has 0 bridgehead atoms. The Bertz CT molecular complexity index is 804. The fourth-order valence-electron chi connectivity index (χ4n) is 3.69. The van der Waals surface area contributed by atoms with Crippen LogP contribution in [0.5, 0.6) is 0 Å². The zero-order valence-electron chi connectivity index (χ0n) is 15.0. The first kappa shape index (κ1) is 17.0. The van der Waals surface area contributed by atoms with Crippen molar-refractivity contribution in [2.45, 2.75) is 38.3 Å². The van der Waals surface area contributed by atoms with Gasteiger partial charge < -0.3 is 14.9 Å². The largest absolute Gasteiger partial charge is 0.393 e. The molecule has 1 aromatic heterocycles. The molecule has 136 valence electrons. The summed E-state index contributed by atoms with van der Waals surface area (Å²) in [6, 6.07) is 10.3. The summed E-state index contributed by atoms with van der Waals surface area (Å²) in [7, 11) is 0. The maximum absolute atomic E-state index is 12.6. The van der Waals surface area contributed by atoms with Gasteiger partial charge in [0.25, 0.3) is 0 Å². The molecule has 2 fully saturated rings. The summed E-state index contributed by atoms with van der Waals surface area (Å²) in [4.78, 5) is 25.2. The van der Waals surface area contributed by atoms with E-state index in [0.717, 1.165) is 30.9 Å². The van der Waals surface area contributed by atoms with Crippen molar-refractivity contribution in [1.29, 1.82) is 0 Å². The Hall–Kier alpha value is -2.47. The molecule has 0 atom stereocenters. The number of aliphatic hydroxyl groups excluding tert-OH is 1. The van der Waals surface area contributed by atoms with Gasteiger partial charge in [-0.15, -0.1) is 0 Å². The van der Waals surface area contributed by atoms with Crippen LogP contribution in [-0.2, 0) is 11.3 Å². The Labute approximate surface area is 153 Å². The fourth-order valence-corrected chi connectivity index (χ4v) is 3.69. The van der Waals surface area contributed by atoms with Crippen molar-refractivity contribution in [2.24, 2.45) is 0 Å². The van der Waals surface area contributed by atoms with Crippen LogP contribution < -0.4 is 4.90 Å². The van der Waals surface area contributed by atoms with Gasteiger partial charge in [0.15, 0.2) is 0 Å². The highest BCUT2D eigenvalue weighted by Crippen LogP contribution is 2.36. The van der Waals surface area contributed by atoms with Crippen LogP contribution in [0.25, 0.3) is 0 Å². The third-order valence-corrected chi connectivity index (χ3v) is 5.30. The van der Waals surface area contributed by atoms with E-state index in [1.54, 1.807) is 6.33 Å². The number of carbonyl (C=O) groups is 1. The Morgan fingerprint density at radius 1 is 1.19 bits per heavy atom. The summed E-state index contributed by atoms with van der Waals surface area (Å²) < 4.78 is 0. The van der Waals surface area contributed by atoms with Crippen molar-refractivity contribution in [3.63, 3.8) is 0 Å². The second-order valence-corrected chi connectivity index (χ2v) is 7.35. The minimum Gasteiger partial charge on any atom is -0.393 e. The zero-order chi connectivity index (χ0) is 18.1. The van der Waals surface area contributed by atoms with Gasteiger partial charge >= 0.3 is 0 Å². The number of piperazine rings is 1. The first-order valence-electron chi connectivity index (χ1n) is 9.17. The van der Waals surface area contributed by atoms with E-state index in [4.69, 9.17) is 0 Å². The number of aliphatic hydroxyl groups is 1. The molecule has 1 saturated heterocycles. The van der Waals surface area contributed by atoms with Crippen LogP contribution in [0.3, 0.4) is 0 Å². The second kappa shape index (κ2) is 7.03. The Kier molecular flexibility index (Phi) is 4.59. The van der Waals surface area contributed by atoms with Crippen LogP contribution >= 0.6 is 0 Å². The quantitative estimate of drug-likeness (QED) is 0.910. The molecule has 1 N–H and O–H groups in total. The molecular weight excluding hydrogens is 328 g/mol. The minimum absolute atomic E-state index is 0.122. The highest BCUT2D eigenvalue weighted by molar-refractivity contribution is 5.82. The third kappa shape index (κ3) is 3.55. The number of aromatic nitrogens is 2. The van der Waals surface area contributed by atoms with E-state index < -0.39 is 0 Å². The van der Waals surface area contributed by atoms with E-state index in [9.17, 15) is 9.90 Å². The molecule has 0 radical (unpaired) electrons. The number of hydrogen-bond acceptors (Lipinski definition) is 5. The van der Waals surface area contributed by atoms with Crippen LogP contribution in [-0.4, -0.2) is 51.6 Å². The molecule has 2 aromatic rings. The standard InChI is InChI=1S/C20H24N4O2/c1-14-3-2-4-15(7-14)11-24-6-5-23(12-20(24)26)19-10-18(21-13-22-19)16-8-17(25)9-16/h2-4,7,10,13,16-17,25H,5-6,8-9,11-12H2,1H3. The van der Waals surface area contributed by atoms with Gasteiger partial charge in [0, 0.05) is 37.3 Å². The number of anilines is 1. The van der Waals surface area contributed by atoms with Crippen LogP contribution in [0.15, 0.2) is 36.7 Å². The number of aryl methyl sites for hydroxylation is 1. The molecule has 4 rings (SSSR count). The predicted octanol–water partition coefficient (Wildman–Crippen LogP) is 1.87. The van der Waals surface area contributed by atoms with Gasteiger partial charge in [-0.2, -0.15) is 0 Å². The number of amides is 1. The number of carbonyl (C=O) groups excluding carboxylic acids is 1. The Morgan fingerprint density at radius 2 is 2.04 bits per heavy atom. The lowest BCUT2D eigenvalue weighted by Gasteiger charge is -2.36. The van der Waals surface area contributed by atoms with Crippen molar-refractivity contribution in [3.8, 4) is 0 Å². The van der Waals surface area contributed by atoms with E-state index in [1.165, 1.54) is 11.1 Å². The van der Waals surface area contributed by atoms with Gasteiger partial charge in [-0.3, -0.25) is 4.79 Å². The smallest absolute Gasteiger partial charge is 0.242 e. The highest BCUT2D eigenvalue weighted by Gasteiger charge is 2.31. The molecule has 1 aliphatic heterocycles. The van der Waals surface area contributed by atoms with Gasteiger partial charge in [0.2, 0.25) is 5.91 Å². The molecule has 0 spiro atoms. The van der Waals surface area contributed by atoms with E-state index in [2.05, 4.69) is 35.1 Å². The summed E-state index contributed by atoms with van der Waals surface area (Å²) in [5.41, 5.74) is 3.35. The maximum Gasteiger partial charge on any atom is 0.242 e. The summed E-state index contributed by atoms with van der Waals surface area (Å²) >= 11 is 0. The Balaban J connectivity index is 1.40. The van der Waals surface area contributed by atoms with E-state index in [0.29, 0.717) is 25.6 Å². The van der Waals surface area contributed by atoms with E-state index in [1.807, 2.05) is 21.9 Å². The van der Waals surface area contributed by atoms with Crippen molar-refractivity contribution >= 4 is 11.7 Å². The van der Waals surface area contributed by atoms with Gasteiger partial charge in [0.1, 0.15) is 12.1 Å². The third-order valence-electron chi connectivity index (χ3n) is 5.30. The van der Waals surface area contributed by atoms with Crippen LogP contribution in [0, 0.1) is 6.92 Å². The topological polar surface area (TPSA) is 69.6 Å². The summed E-state index contributed by atoms with van der Waals surface area (Å²) in [5, 5.41) is 9.50. The van der Waals surface area contributed by atoms with Crippen LogP contribution in [0.2, 0.25) is 0 Å². The van der Waals surface area contributed by atoms with Gasteiger partial charge in [-0.05, 0) is 25.3 Å². The molecule has 2 aliphatic rings. The maximum atomic E-state index is 12.6. The lowest BCUT2D eigenvalue weighted by molar-refractivity contribution is -0.131. The molecule has 1 aromatic carbocycles. The van der Waals surface area contributed by atoms with Crippen molar-refractivity contribution < 1.29 is 9.90 Å². The highest BCUT2D eigenvalue weighted by atomic mass is 16.3. The molecule has 6 nitrogen and oxygen atoms in total. The first-order chi connectivity index (χ1) is 12.6. The summed E-state index contributed by atoms with van der Waals surface area (Å²) in [6.45, 7) is 4.52. The first-order valence-corrected chi connectivity index (χ1v) is 9.17. The van der Waals surface area contributed by atoms with Crippen molar-refractivity contribution in [3.05, 3.63) is 53.5 Å². The summed E-state index contributed by atoms with van der Waals surface area (Å²) in [5.74, 6) is 1.24. The minimum atomic E-state index is -0.204. The average molecular weight is 352 g/mol. The van der Waals surface area contributed by atoms with E-state index >= 15 is 0 Å². The lowest BCUT2D eigenvalue weighted by Crippen LogP contribution is -2.50. The molecule has 26 heavy (non-hydrogen) atoms. The molecule has 0 unspecified atom stereocenters. The molecule has 1 amide bonds. The molecule has 1 aliphatic carbocycles.